The van der Waals surface area contributed by atoms with Crippen LogP contribution in [0.25, 0.3) is 0 Å². The standard InChI is InChI=1S/C23H35N5O7S/c24-11-5-4-8-17(23(34)35)27-21(32)16(9-10-19(29)30)26-22(33)18(13-36)28-20(31)15(25)12-14-6-2-1-3-7-14/h1-3,6-7,15-18,36H,4-5,8-13,24-25H2,(H,26,33)(H,27,32)(H,28,31)(H,29,30)(H,34,35). The summed E-state index contributed by atoms with van der Waals surface area (Å²) in [4.78, 5) is 60.6. The molecular formula is C23H35N5O7S. The summed E-state index contributed by atoms with van der Waals surface area (Å²) >= 11 is 4.09. The van der Waals surface area contributed by atoms with Crippen molar-refractivity contribution >= 4 is 42.3 Å². The number of unbranched alkanes of at least 4 members (excludes halogenated alkanes) is 1. The van der Waals surface area contributed by atoms with E-state index in [-0.39, 0.29) is 25.0 Å². The summed E-state index contributed by atoms with van der Waals surface area (Å²) in [5.41, 5.74) is 12.2. The molecule has 9 N–H and O–H groups in total. The van der Waals surface area contributed by atoms with E-state index >= 15 is 0 Å². The molecule has 0 radical (unpaired) electrons. The minimum atomic E-state index is -1.35. The highest BCUT2D eigenvalue weighted by Crippen LogP contribution is 2.06. The molecule has 0 saturated carbocycles. The Hall–Kier alpha value is -3.16. The number of carboxylic acid groups (broad SMARTS) is 2. The SMILES string of the molecule is NCCCCC(NC(=O)C(CCC(=O)O)NC(=O)C(CS)NC(=O)C(N)Cc1ccccc1)C(=O)O. The molecule has 4 unspecified atom stereocenters. The third-order valence-corrected chi connectivity index (χ3v) is 5.66. The molecule has 0 bridgehead atoms. The first-order valence-corrected chi connectivity index (χ1v) is 12.2. The summed E-state index contributed by atoms with van der Waals surface area (Å²) in [5.74, 6) is -4.84. The molecule has 0 aliphatic carbocycles. The molecule has 200 valence electrons. The van der Waals surface area contributed by atoms with Crippen molar-refractivity contribution < 1.29 is 34.2 Å². The second kappa shape index (κ2) is 16.5. The highest BCUT2D eigenvalue weighted by Gasteiger charge is 2.30. The average molecular weight is 526 g/mol. The van der Waals surface area contributed by atoms with Crippen LogP contribution in [0.3, 0.4) is 0 Å². The lowest BCUT2D eigenvalue weighted by Gasteiger charge is -2.24. The number of carboxylic acids is 2. The first-order valence-electron chi connectivity index (χ1n) is 11.5. The summed E-state index contributed by atoms with van der Waals surface area (Å²) in [7, 11) is 0. The molecule has 0 heterocycles. The van der Waals surface area contributed by atoms with Crippen molar-refractivity contribution in [3.8, 4) is 0 Å². The lowest BCUT2D eigenvalue weighted by atomic mass is 10.1. The molecule has 3 amide bonds. The van der Waals surface area contributed by atoms with E-state index in [4.69, 9.17) is 16.6 Å². The highest BCUT2D eigenvalue weighted by molar-refractivity contribution is 7.80. The lowest BCUT2D eigenvalue weighted by molar-refractivity contribution is -0.143. The molecular weight excluding hydrogens is 490 g/mol. The Labute approximate surface area is 215 Å². The summed E-state index contributed by atoms with van der Waals surface area (Å²) in [6, 6.07) is 4.36. The zero-order valence-electron chi connectivity index (χ0n) is 19.9. The normalized spacial score (nSPS) is 14.1. The Kier molecular flexibility index (Phi) is 14.1. The predicted octanol–water partition coefficient (Wildman–Crippen LogP) is -0.981. The van der Waals surface area contributed by atoms with Crippen LogP contribution in [0.1, 0.15) is 37.7 Å². The number of carbonyl (C=O) groups is 5. The van der Waals surface area contributed by atoms with Crippen molar-refractivity contribution in [1.29, 1.82) is 0 Å². The molecule has 13 heteroatoms. The van der Waals surface area contributed by atoms with E-state index in [2.05, 4.69) is 28.6 Å². The monoisotopic (exact) mass is 525 g/mol. The fourth-order valence-electron chi connectivity index (χ4n) is 3.27. The van der Waals surface area contributed by atoms with Crippen LogP contribution in [0, 0.1) is 0 Å². The van der Waals surface area contributed by atoms with E-state index in [9.17, 15) is 29.1 Å². The molecule has 0 fully saturated rings. The maximum Gasteiger partial charge on any atom is 0.326 e. The van der Waals surface area contributed by atoms with E-state index in [1.165, 1.54) is 0 Å². The number of nitrogens with two attached hydrogens (primary N) is 2. The van der Waals surface area contributed by atoms with Gasteiger partial charge in [-0.25, -0.2) is 4.79 Å². The fraction of sp³-hybridized carbons (Fsp3) is 0.522. The Bertz CT molecular complexity index is 887. The predicted molar refractivity (Wildman–Crippen MR) is 135 cm³/mol. The van der Waals surface area contributed by atoms with Crippen LogP contribution in [0.4, 0.5) is 0 Å². The van der Waals surface area contributed by atoms with Crippen LogP contribution < -0.4 is 27.4 Å². The molecule has 0 aliphatic heterocycles. The van der Waals surface area contributed by atoms with Gasteiger partial charge < -0.3 is 37.6 Å². The largest absolute Gasteiger partial charge is 0.481 e. The van der Waals surface area contributed by atoms with Gasteiger partial charge in [-0.15, -0.1) is 0 Å². The number of hydrogen-bond donors (Lipinski definition) is 8. The second-order valence-corrected chi connectivity index (χ2v) is 8.58. The number of thiol groups is 1. The molecule has 36 heavy (non-hydrogen) atoms. The Balaban J connectivity index is 2.84. The number of hydrogen-bond acceptors (Lipinski definition) is 8. The number of aliphatic carboxylic acids is 2. The maximum absolute atomic E-state index is 12.8. The Morgan fingerprint density at radius 2 is 1.42 bits per heavy atom. The van der Waals surface area contributed by atoms with Crippen molar-refractivity contribution in [2.75, 3.05) is 12.3 Å². The number of carbonyl (C=O) groups excluding carboxylic acids is 3. The van der Waals surface area contributed by atoms with E-state index < -0.39 is 60.2 Å². The van der Waals surface area contributed by atoms with Crippen molar-refractivity contribution in [1.82, 2.24) is 16.0 Å². The van der Waals surface area contributed by atoms with Crippen molar-refractivity contribution in [2.24, 2.45) is 11.5 Å². The zero-order chi connectivity index (χ0) is 27.1. The number of benzene rings is 1. The summed E-state index contributed by atoms with van der Waals surface area (Å²) in [6.45, 7) is 0.365. The van der Waals surface area contributed by atoms with Crippen molar-refractivity contribution in [2.45, 2.75) is 62.7 Å². The molecule has 12 nitrogen and oxygen atoms in total. The van der Waals surface area contributed by atoms with Crippen LogP contribution in [-0.2, 0) is 30.4 Å². The molecule has 0 spiro atoms. The van der Waals surface area contributed by atoms with Gasteiger partial charge in [-0.1, -0.05) is 30.3 Å². The summed E-state index contributed by atoms with van der Waals surface area (Å²) in [5, 5.41) is 25.6. The van der Waals surface area contributed by atoms with E-state index in [0.29, 0.717) is 19.4 Å². The first kappa shape index (κ1) is 30.9. The van der Waals surface area contributed by atoms with E-state index in [0.717, 1.165) is 5.56 Å². The molecule has 0 aliphatic rings. The number of amides is 3. The second-order valence-electron chi connectivity index (χ2n) is 8.22. The topological polar surface area (TPSA) is 214 Å². The quantitative estimate of drug-likeness (QED) is 0.0925. The molecule has 0 saturated heterocycles. The molecule has 1 aromatic carbocycles. The van der Waals surface area contributed by atoms with Gasteiger partial charge in [0.2, 0.25) is 17.7 Å². The minimum Gasteiger partial charge on any atom is -0.481 e. The van der Waals surface area contributed by atoms with E-state index in [1.807, 2.05) is 18.2 Å². The fourth-order valence-corrected chi connectivity index (χ4v) is 3.52. The van der Waals surface area contributed by atoms with Crippen LogP contribution in [-0.4, -0.2) is 76.3 Å². The van der Waals surface area contributed by atoms with Gasteiger partial charge in [0, 0.05) is 12.2 Å². The van der Waals surface area contributed by atoms with Gasteiger partial charge in [0.05, 0.1) is 6.04 Å². The minimum absolute atomic E-state index is 0.118. The van der Waals surface area contributed by atoms with Gasteiger partial charge in [0.15, 0.2) is 0 Å². The first-order chi connectivity index (χ1) is 17.1. The summed E-state index contributed by atoms with van der Waals surface area (Å²) < 4.78 is 0. The van der Waals surface area contributed by atoms with Gasteiger partial charge in [-0.3, -0.25) is 19.2 Å². The van der Waals surface area contributed by atoms with Gasteiger partial charge >= 0.3 is 11.9 Å². The summed E-state index contributed by atoms with van der Waals surface area (Å²) in [6.07, 6.45) is 0.627. The number of rotatable bonds is 17. The average Bonchev–Trinajstić information content (AvgIpc) is 2.84. The zero-order valence-corrected chi connectivity index (χ0v) is 20.8. The van der Waals surface area contributed by atoms with Crippen molar-refractivity contribution in [3.63, 3.8) is 0 Å². The number of nitrogens with one attached hydrogen (secondary N) is 3. The van der Waals surface area contributed by atoms with Crippen LogP contribution >= 0.6 is 12.6 Å². The van der Waals surface area contributed by atoms with Crippen LogP contribution in [0.15, 0.2) is 30.3 Å². The highest BCUT2D eigenvalue weighted by atomic mass is 32.1. The molecule has 0 aromatic heterocycles. The maximum atomic E-state index is 12.8. The van der Waals surface area contributed by atoms with Gasteiger partial charge in [0.25, 0.3) is 0 Å². The van der Waals surface area contributed by atoms with Crippen LogP contribution in [0.2, 0.25) is 0 Å². The molecule has 1 rings (SSSR count). The molecule has 4 atom stereocenters. The van der Waals surface area contributed by atoms with E-state index in [1.54, 1.807) is 12.1 Å². The Morgan fingerprint density at radius 1 is 0.833 bits per heavy atom. The third-order valence-electron chi connectivity index (χ3n) is 5.29. The molecule has 1 aromatic rings. The van der Waals surface area contributed by atoms with Crippen LogP contribution in [0.5, 0.6) is 0 Å². The van der Waals surface area contributed by atoms with Gasteiger partial charge in [-0.2, -0.15) is 12.6 Å². The van der Waals surface area contributed by atoms with Gasteiger partial charge in [-0.05, 0) is 44.2 Å². The smallest absolute Gasteiger partial charge is 0.326 e. The lowest BCUT2D eigenvalue weighted by Crippen LogP contribution is -2.57. The van der Waals surface area contributed by atoms with Gasteiger partial charge in [0.1, 0.15) is 18.1 Å². The Morgan fingerprint density at radius 3 is 1.97 bits per heavy atom. The van der Waals surface area contributed by atoms with Crippen molar-refractivity contribution in [3.05, 3.63) is 35.9 Å². The third kappa shape index (κ3) is 11.5.